The van der Waals surface area contributed by atoms with Crippen molar-refractivity contribution in [2.24, 2.45) is 5.92 Å². The van der Waals surface area contributed by atoms with Crippen molar-refractivity contribution >= 4 is 11.5 Å². The van der Waals surface area contributed by atoms with Crippen LogP contribution in [0.5, 0.6) is 0 Å². The fourth-order valence-electron chi connectivity index (χ4n) is 2.64. The molecule has 0 bridgehead atoms. The number of aromatic nitrogens is 1. The van der Waals surface area contributed by atoms with Crippen molar-refractivity contribution in [2.45, 2.75) is 13.3 Å². The number of nitrogens with zero attached hydrogens (tertiary/aromatic N) is 3. The molecule has 4 nitrogen and oxygen atoms in total. The molecule has 2 rings (SSSR count). The summed E-state index contributed by atoms with van der Waals surface area (Å²) in [4.78, 5) is 9.07. The molecule has 1 atom stereocenters. The molecular formula is C13H22N4. The summed E-state index contributed by atoms with van der Waals surface area (Å²) in [6, 6.07) is 1.99. The number of aryl methyl sites for hydroxylation is 1. The molecule has 94 valence electrons. The lowest BCUT2D eigenvalue weighted by atomic mass is 10.1. The molecule has 0 spiro atoms. The summed E-state index contributed by atoms with van der Waals surface area (Å²) in [6.07, 6.45) is 3.02. The molecule has 0 amide bonds. The lowest BCUT2D eigenvalue weighted by Gasteiger charge is -2.23. The molecule has 2 heterocycles. The Morgan fingerprint density at radius 3 is 2.94 bits per heavy atom. The number of anilines is 2. The fourth-order valence-corrected chi connectivity index (χ4v) is 2.64. The summed E-state index contributed by atoms with van der Waals surface area (Å²) < 4.78 is 0. The highest BCUT2D eigenvalue weighted by Crippen LogP contribution is 2.21. The maximum atomic E-state index is 5.72. The van der Waals surface area contributed by atoms with E-state index in [4.69, 9.17) is 5.73 Å². The molecule has 4 heteroatoms. The smallest absolute Gasteiger partial charge is 0.131 e. The minimum absolute atomic E-state index is 0.736. The first-order chi connectivity index (χ1) is 8.06. The maximum Gasteiger partial charge on any atom is 0.131 e. The fraction of sp³-hybridized carbons (Fsp3) is 0.615. The van der Waals surface area contributed by atoms with Crippen molar-refractivity contribution in [1.29, 1.82) is 0 Å². The van der Waals surface area contributed by atoms with Gasteiger partial charge >= 0.3 is 0 Å². The van der Waals surface area contributed by atoms with Crippen LogP contribution >= 0.6 is 0 Å². The number of nitrogens with two attached hydrogens (primary N) is 1. The van der Waals surface area contributed by atoms with Gasteiger partial charge in [-0.1, -0.05) is 0 Å². The number of likely N-dealkylation sites (tertiary alicyclic amines) is 1. The third kappa shape index (κ3) is 2.88. The molecular weight excluding hydrogens is 212 g/mol. The van der Waals surface area contributed by atoms with Gasteiger partial charge in [0.15, 0.2) is 0 Å². The molecule has 1 aliphatic rings. The summed E-state index contributed by atoms with van der Waals surface area (Å²) in [5.74, 6) is 1.80. The average molecular weight is 234 g/mol. The molecule has 0 aromatic carbocycles. The van der Waals surface area contributed by atoms with Crippen LogP contribution in [0, 0.1) is 12.8 Å². The average Bonchev–Trinajstić information content (AvgIpc) is 2.63. The van der Waals surface area contributed by atoms with E-state index in [1.807, 2.05) is 6.07 Å². The Labute approximate surface area is 103 Å². The van der Waals surface area contributed by atoms with Gasteiger partial charge in [-0.05, 0) is 44.5 Å². The van der Waals surface area contributed by atoms with Gasteiger partial charge in [0.05, 0.1) is 11.9 Å². The number of hydrogen-bond acceptors (Lipinski definition) is 4. The number of hydrogen-bond donors (Lipinski definition) is 1. The number of pyridine rings is 1. The predicted molar refractivity (Wildman–Crippen MR) is 72.3 cm³/mol. The van der Waals surface area contributed by atoms with Crippen LogP contribution in [0.2, 0.25) is 0 Å². The quantitative estimate of drug-likeness (QED) is 0.858. The molecule has 0 aliphatic carbocycles. The van der Waals surface area contributed by atoms with Crippen LogP contribution in [-0.4, -0.2) is 43.6 Å². The Hall–Kier alpha value is -1.29. The predicted octanol–water partition coefficient (Wildman–Crippen LogP) is 1.36. The van der Waals surface area contributed by atoms with Crippen molar-refractivity contribution in [1.82, 2.24) is 9.88 Å². The van der Waals surface area contributed by atoms with Gasteiger partial charge in [-0.2, -0.15) is 0 Å². The van der Waals surface area contributed by atoms with Crippen LogP contribution in [0.1, 0.15) is 12.0 Å². The second kappa shape index (κ2) is 4.92. The normalized spacial score (nSPS) is 20.8. The van der Waals surface area contributed by atoms with Gasteiger partial charge in [-0.3, -0.25) is 0 Å². The molecule has 0 radical (unpaired) electrons. The number of nitrogen functional groups attached to an aromatic ring is 1. The molecule has 1 saturated heterocycles. The highest BCUT2D eigenvalue weighted by Gasteiger charge is 2.21. The Kier molecular flexibility index (Phi) is 3.52. The van der Waals surface area contributed by atoms with Crippen LogP contribution in [-0.2, 0) is 0 Å². The first kappa shape index (κ1) is 12.2. The monoisotopic (exact) mass is 234 g/mol. The van der Waals surface area contributed by atoms with E-state index < -0.39 is 0 Å². The SMILES string of the molecule is Cc1cc(N)cnc1N(C)CC1CCN(C)C1. The van der Waals surface area contributed by atoms with E-state index in [2.05, 4.69) is 35.8 Å². The first-order valence-electron chi connectivity index (χ1n) is 6.18. The summed E-state index contributed by atoms with van der Waals surface area (Å²) in [5.41, 5.74) is 7.61. The van der Waals surface area contributed by atoms with Crippen molar-refractivity contribution in [3.8, 4) is 0 Å². The maximum absolute atomic E-state index is 5.72. The Bertz CT molecular complexity index is 391. The minimum Gasteiger partial charge on any atom is -0.397 e. The Morgan fingerprint density at radius 1 is 1.59 bits per heavy atom. The van der Waals surface area contributed by atoms with E-state index in [-0.39, 0.29) is 0 Å². The van der Waals surface area contributed by atoms with Crippen molar-refractivity contribution in [3.05, 3.63) is 17.8 Å². The molecule has 0 saturated carbocycles. The summed E-state index contributed by atoms with van der Waals surface area (Å²) in [6.45, 7) is 5.54. The molecule has 1 unspecified atom stereocenters. The standard InChI is InChI=1S/C13H22N4/c1-10-6-12(14)7-15-13(10)17(3)9-11-4-5-16(2)8-11/h6-7,11H,4-5,8-9,14H2,1-3H3. The number of rotatable bonds is 3. The Morgan fingerprint density at radius 2 is 2.35 bits per heavy atom. The highest BCUT2D eigenvalue weighted by molar-refractivity contribution is 5.52. The van der Waals surface area contributed by atoms with E-state index >= 15 is 0 Å². The van der Waals surface area contributed by atoms with Gasteiger partial charge in [-0.15, -0.1) is 0 Å². The van der Waals surface area contributed by atoms with Gasteiger partial charge in [0.2, 0.25) is 0 Å². The third-order valence-electron chi connectivity index (χ3n) is 3.45. The second-order valence-corrected chi connectivity index (χ2v) is 5.21. The van der Waals surface area contributed by atoms with Crippen LogP contribution in [0.15, 0.2) is 12.3 Å². The van der Waals surface area contributed by atoms with E-state index in [0.717, 1.165) is 29.5 Å². The molecule has 2 N–H and O–H groups in total. The summed E-state index contributed by atoms with van der Waals surface area (Å²) >= 11 is 0. The van der Waals surface area contributed by atoms with E-state index in [9.17, 15) is 0 Å². The molecule has 1 fully saturated rings. The summed E-state index contributed by atoms with van der Waals surface area (Å²) in [5, 5.41) is 0. The van der Waals surface area contributed by atoms with Gasteiger partial charge in [0.25, 0.3) is 0 Å². The zero-order valence-electron chi connectivity index (χ0n) is 11.0. The van der Waals surface area contributed by atoms with Crippen molar-refractivity contribution in [2.75, 3.05) is 44.4 Å². The lowest BCUT2D eigenvalue weighted by molar-refractivity contribution is 0.395. The van der Waals surface area contributed by atoms with Crippen LogP contribution in [0.25, 0.3) is 0 Å². The van der Waals surface area contributed by atoms with E-state index in [1.165, 1.54) is 19.5 Å². The minimum atomic E-state index is 0.736. The first-order valence-corrected chi connectivity index (χ1v) is 6.18. The van der Waals surface area contributed by atoms with Gasteiger partial charge in [-0.25, -0.2) is 4.98 Å². The van der Waals surface area contributed by atoms with Gasteiger partial charge < -0.3 is 15.5 Å². The van der Waals surface area contributed by atoms with Crippen molar-refractivity contribution < 1.29 is 0 Å². The topological polar surface area (TPSA) is 45.4 Å². The van der Waals surface area contributed by atoms with Crippen LogP contribution < -0.4 is 10.6 Å². The van der Waals surface area contributed by atoms with Gasteiger partial charge in [0.1, 0.15) is 5.82 Å². The zero-order chi connectivity index (χ0) is 12.4. The summed E-state index contributed by atoms with van der Waals surface area (Å²) in [7, 11) is 4.30. The zero-order valence-corrected chi connectivity index (χ0v) is 11.0. The van der Waals surface area contributed by atoms with Crippen molar-refractivity contribution in [3.63, 3.8) is 0 Å². The largest absolute Gasteiger partial charge is 0.397 e. The van der Waals surface area contributed by atoms with Gasteiger partial charge in [0, 0.05) is 20.1 Å². The highest BCUT2D eigenvalue weighted by atomic mass is 15.2. The molecule has 17 heavy (non-hydrogen) atoms. The lowest BCUT2D eigenvalue weighted by Crippen LogP contribution is -2.28. The van der Waals surface area contributed by atoms with Crippen LogP contribution in [0.4, 0.5) is 11.5 Å². The third-order valence-corrected chi connectivity index (χ3v) is 3.45. The van der Waals surface area contributed by atoms with E-state index in [1.54, 1.807) is 6.20 Å². The molecule has 1 aromatic heterocycles. The van der Waals surface area contributed by atoms with Crippen LogP contribution in [0.3, 0.4) is 0 Å². The molecule has 1 aromatic rings. The van der Waals surface area contributed by atoms with E-state index in [0.29, 0.717) is 0 Å². The second-order valence-electron chi connectivity index (χ2n) is 5.21. The Balaban J connectivity index is 2.01. The molecule has 1 aliphatic heterocycles.